The molecule has 0 fully saturated rings. The number of hydrogen-bond acceptors (Lipinski definition) is 3. The van der Waals surface area contributed by atoms with E-state index in [4.69, 9.17) is 4.74 Å². The van der Waals surface area contributed by atoms with Crippen LogP contribution in [0.25, 0.3) is 0 Å². The number of halogens is 1. The van der Waals surface area contributed by atoms with E-state index < -0.39 is 11.0 Å². The average molecular weight is 445 g/mol. The van der Waals surface area contributed by atoms with E-state index in [1.807, 2.05) is 18.2 Å². The van der Waals surface area contributed by atoms with Crippen molar-refractivity contribution in [2.75, 3.05) is 17.1 Å². The number of benzene rings is 3. The molecule has 138 valence electrons. The number of ether oxygens (including phenoxy) is 1. The predicted molar refractivity (Wildman–Crippen MR) is 112 cm³/mol. The molecule has 3 aromatic carbocycles. The molecule has 7 heteroatoms. The van der Waals surface area contributed by atoms with Gasteiger partial charge in [0.05, 0.1) is 23.3 Å². The Balaban J connectivity index is 1.82. The molecule has 1 amide bonds. The van der Waals surface area contributed by atoms with Crippen molar-refractivity contribution in [1.29, 1.82) is 0 Å². The van der Waals surface area contributed by atoms with Gasteiger partial charge in [0.25, 0.3) is 5.91 Å². The summed E-state index contributed by atoms with van der Waals surface area (Å²) in [5.74, 6) is 0.388. The fraction of sp³-hybridized carbons (Fsp3) is 0.0500. The van der Waals surface area contributed by atoms with Gasteiger partial charge in [-0.2, -0.15) is 0 Å². The van der Waals surface area contributed by atoms with Crippen LogP contribution in [-0.2, 0) is 11.0 Å². The first-order valence-electron chi connectivity index (χ1n) is 8.05. The zero-order chi connectivity index (χ0) is 19.2. The molecule has 0 spiro atoms. The Kier molecular flexibility index (Phi) is 6.26. The van der Waals surface area contributed by atoms with Gasteiger partial charge >= 0.3 is 0 Å². The Morgan fingerprint density at radius 3 is 2.37 bits per heavy atom. The molecular weight excluding hydrogens is 428 g/mol. The van der Waals surface area contributed by atoms with E-state index in [-0.39, 0.29) is 5.91 Å². The SMILES string of the molecule is COc1ccc(S(=O)Nc2ccc(Br)cc2C(=O)Nc2ccccc2)cc1. The fourth-order valence-electron chi connectivity index (χ4n) is 2.37. The van der Waals surface area contributed by atoms with Gasteiger partial charge in [0.2, 0.25) is 0 Å². The summed E-state index contributed by atoms with van der Waals surface area (Å²) in [6, 6.07) is 21.2. The number of carbonyl (C=O) groups excluding carboxylic acids is 1. The number of rotatable bonds is 6. The molecule has 3 rings (SSSR count). The first-order valence-corrected chi connectivity index (χ1v) is 9.99. The number of nitrogens with one attached hydrogen (secondary N) is 2. The van der Waals surface area contributed by atoms with Crippen LogP contribution in [0.3, 0.4) is 0 Å². The van der Waals surface area contributed by atoms with Gasteiger partial charge in [-0.3, -0.25) is 4.79 Å². The minimum atomic E-state index is -1.53. The minimum absolute atomic E-state index is 0.295. The maximum absolute atomic E-state index is 12.7. The summed E-state index contributed by atoms with van der Waals surface area (Å²) in [7, 11) is 0.0477. The van der Waals surface area contributed by atoms with Crippen molar-refractivity contribution in [2.45, 2.75) is 4.90 Å². The Morgan fingerprint density at radius 1 is 1.00 bits per heavy atom. The number of para-hydroxylation sites is 1. The second-order valence-corrected chi connectivity index (χ2v) is 7.69. The van der Waals surface area contributed by atoms with Crippen LogP contribution in [0.15, 0.2) is 82.2 Å². The summed E-state index contributed by atoms with van der Waals surface area (Å²) >= 11 is 3.38. The van der Waals surface area contributed by atoms with Gasteiger partial charge in [-0.1, -0.05) is 34.1 Å². The number of carbonyl (C=O) groups is 1. The van der Waals surface area contributed by atoms with Gasteiger partial charge in [0.15, 0.2) is 0 Å². The molecule has 0 saturated carbocycles. The molecular formula is C20H17BrN2O3S. The number of methoxy groups -OCH3 is 1. The van der Waals surface area contributed by atoms with Gasteiger partial charge in [0, 0.05) is 10.2 Å². The zero-order valence-electron chi connectivity index (χ0n) is 14.4. The largest absolute Gasteiger partial charge is 0.497 e. The van der Waals surface area contributed by atoms with Crippen LogP contribution >= 0.6 is 15.9 Å². The molecule has 3 aromatic rings. The second kappa shape index (κ2) is 8.83. The number of amides is 1. The van der Waals surface area contributed by atoms with Gasteiger partial charge < -0.3 is 14.8 Å². The molecule has 0 radical (unpaired) electrons. The van der Waals surface area contributed by atoms with E-state index in [0.717, 1.165) is 4.47 Å². The predicted octanol–water partition coefficient (Wildman–Crippen LogP) is 4.84. The summed E-state index contributed by atoms with van der Waals surface area (Å²) in [4.78, 5) is 13.3. The van der Waals surface area contributed by atoms with Crippen molar-refractivity contribution < 1.29 is 13.7 Å². The maximum Gasteiger partial charge on any atom is 0.257 e. The van der Waals surface area contributed by atoms with Crippen LogP contribution in [0.2, 0.25) is 0 Å². The van der Waals surface area contributed by atoms with E-state index in [9.17, 15) is 9.00 Å². The van der Waals surface area contributed by atoms with Crippen molar-refractivity contribution >= 4 is 44.2 Å². The third-order valence-electron chi connectivity index (χ3n) is 3.73. The summed E-state index contributed by atoms with van der Waals surface area (Å²) in [6.07, 6.45) is 0. The normalized spacial score (nSPS) is 11.5. The van der Waals surface area contributed by atoms with Gasteiger partial charge in [-0.15, -0.1) is 0 Å². The molecule has 5 nitrogen and oxygen atoms in total. The lowest BCUT2D eigenvalue weighted by Gasteiger charge is -2.13. The molecule has 0 heterocycles. The monoisotopic (exact) mass is 444 g/mol. The van der Waals surface area contributed by atoms with E-state index in [1.54, 1.807) is 61.7 Å². The highest BCUT2D eigenvalue weighted by atomic mass is 79.9. The van der Waals surface area contributed by atoms with Gasteiger partial charge in [-0.05, 0) is 54.6 Å². The van der Waals surface area contributed by atoms with Crippen LogP contribution < -0.4 is 14.8 Å². The van der Waals surface area contributed by atoms with Crippen LogP contribution in [0.4, 0.5) is 11.4 Å². The number of anilines is 2. The van der Waals surface area contributed by atoms with Crippen molar-refractivity contribution in [3.05, 3.63) is 82.8 Å². The Labute approximate surface area is 168 Å². The molecule has 0 saturated heterocycles. The van der Waals surface area contributed by atoms with E-state index in [2.05, 4.69) is 26.0 Å². The standard InChI is InChI=1S/C20H17BrN2O3S/c1-26-16-8-10-17(11-9-16)27(25)23-19-12-7-14(21)13-18(19)20(24)22-15-5-3-2-4-6-15/h2-13,23H,1H3,(H,22,24). The maximum atomic E-state index is 12.7. The van der Waals surface area contributed by atoms with Crippen molar-refractivity contribution in [3.63, 3.8) is 0 Å². The second-order valence-electron chi connectivity index (χ2n) is 5.56. The van der Waals surface area contributed by atoms with Gasteiger partial charge in [-0.25, -0.2) is 4.21 Å². The third-order valence-corrected chi connectivity index (χ3v) is 5.33. The van der Waals surface area contributed by atoms with Crippen molar-refractivity contribution in [1.82, 2.24) is 0 Å². The smallest absolute Gasteiger partial charge is 0.257 e. The summed E-state index contributed by atoms with van der Waals surface area (Å²) in [6.45, 7) is 0. The lowest BCUT2D eigenvalue weighted by molar-refractivity contribution is 0.102. The van der Waals surface area contributed by atoms with Crippen molar-refractivity contribution in [2.24, 2.45) is 0 Å². The van der Waals surface area contributed by atoms with Crippen LogP contribution in [0.1, 0.15) is 10.4 Å². The van der Waals surface area contributed by atoms with Crippen LogP contribution in [-0.4, -0.2) is 17.2 Å². The number of hydrogen-bond donors (Lipinski definition) is 2. The molecule has 0 aliphatic carbocycles. The first-order chi connectivity index (χ1) is 13.1. The lowest BCUT2D eigenvalue weighted by atomic mass is 10.1. The van der Waals surface area contributed by atoms with Crippen LogP contribution in [0.5, 0.6) is 5.75 Å². The minimum Gasteiger partial charge on any atom is -0.497 e. The third kappa shape index (κ3) is 4.96. The topological polar surface area (TPSA) is 67.4 Å². The van der Waals surface area contributed by atoms with E-state index in [1.165, 1.54) is 0 Å². The molecule has 2 N–H and O–H groups in total. The van der Waals surface area contributed by atoms with E-state index in [0.29, 0.717) is 27.6 Å². The fourth-order valence-corrected chi connectivity index (χ4v) is 3.61. The summed E-state index contributed by atoms with van der Waals surface area (Å²) in [5, 5.41) is 2.84. The Morgan fingerprint density at radius 2 is 1.70 bits per heavy atom. The van der Waals surface area contributed by atoms with Crippen LogP contribution in [0, 0.1) is 0 Å². The zero-order valence-corrected chi connectivity index (χ0v) is 16.8. The molecule has 1 unspecified atom stereocenters. The Bertz CT molecular complexity index is 963. The summed E-state index contributed by atoms with van der Waals surface area (Å²) < 4.78 is 21.4. The van der Waals surface area contributed by atoms with Crippen molar-refractivity contribution in [3.8, 4) is 5.75 Å². The molecule has 0 aliphatic heterocycles. The van der Waals surface area contributed by atoms with E-state index >= 15 is 0 Å². The van der Waals surface area contributed by atoms with Gasteiger partial charge in [0.1, 0.15) is 16.7 Å². The highest BCUT2D eigenvalue weighted by molar-refractivity contribution is 9.10. The molecule has 0 bridgehead atoms. The highest BCUT2D eigenvalue weighted by Gasteiger charge is 2.15. The molecule has 1 atom stereocenters. The summed E-state index contributed by atoms with van der Waals surface area (Å²) in [5.41, 5.74) is 1.54. The lowest BCUT2D eigenvalue weighted by Crippen LogP contribution is -2.16. The first kappa shape index (κ1) is 19.1. The molecule has 0 aliphatic rings. The quantitative estimate of drug-likeness (QED) is 0.571. The highest BCUT2D eigenvalue weighted by Crippen LogP contribution is 2.24. The Hall–Kier alpha value is -2.64. The molecule has 27 heavy (non-hydrogen) atoms. The average Bonchev–Trinajstić information content (AvgIpc) is 2.70. The molecule has 0 aromatic heterocycles.